The Labute approximate surface area is 148 Å². The molecule has 0 bridgehead atoms. The number of benzene rings is 3. The standard InChI is InChI=1S/C19H11Cl2F2O/c1-11-6-12(16-4-2-13(20)9-17(16)21)8-15(7-11)24-14-3-5-18(22)19(23)10-14/h2-5,7-10H,1H3. The number of hydrogen-bond acceptors (Lipinski definition) is 1. The molecule has 3 rings (SSSR count). The van der Waals surface area contributed by atoms with Gasteiger partial charge in [-0.25, -0.2) is 8.78 Å². The summed E-state index contributed by atoms with van der Waals surface area (Å²) in [4.78, 5) is 0. The molecule has 1 nitrogen and oxygen atoms in total. The van der Waals surface area contributed by atoms with Crippen LogP contribution >= 0.6 is 23.2 Å². The number of ether oxygens (including phenoxy) is 1. The van der Waals surface area contributed by atoms with Crippen molar-refractivity contribution in [1.29, 1.82) is 0 Å². The van der Waals surface area contributed by atoms with E-state index in [9.17, 15) is 8.78 Å². The quantitative estimate of drug-likeness (QED) is 0.494. The first-order valence-corrected chi connectivity index (χ1v) is 7.80. The van der Waals surface area contributed by atoms with Gasteiger partial charge in [0.25, 0.3) is 0 Å². The Balaban J connectivity index is 1.98. The first-order valence-electron chi connectivity index (χ1n) is 7.04. The van der Waals surface area contributed by atoms with Gasteiger partial charge >= 0.3 is 0 Å². The number of halogens is 4. The molecular formula is C19H11Cl2F2O. The summed E-state index contributed by atoms with van der Waals surface area (Å²) < 4.78 is 31.9. The van der Waals surface area contributed by atoms with Gasteiger partial charge in [-0.05, 0) is 60.5 Å². The number of hydrogen-bond donors (Lipinski definition) is 0. The van der Waals surface area contributed by atoms with Crippen LogP contribution in [0, 0.1) is 24.6 Å². The Bertz CT molecular complexity index is 910. The van der Waals surface area contributed by atoms with Crippen LogP contribution < -0.4 is 4.74 Å². The lowest BCUT2D eigenvalue weighted by atomic mass is 10.0. The van der Waals surface area contributed by atoms with Crippen molar-refractivity contribution in [3.05, 3.63) is 81.8 Å². The van der Waals surface area contributed by atoms with Gasteiger partial charge in [0.2, 0.25) is 0 Å². The molecule has 5 heteroatoms. The Morgan fingerprint density at radius 2 is 1.67 bits per heavy atom. The highest BCUT2D eigenvalue weighted by atomic mass is 35.5. The molecule has 0 saturated carbocycles. The Morgan fingerprint density at radius 3 is 2.38 bits per heavy atom. The minimum Gasteiger partial charge on any atom is -0.457 e. The molecule has 0 aliphatic heterocycles. The molecule has 3 aromatic rings. The Hall–Kier alpha value is -2.10. The van der Waals surface area contributed by atoms with E-state index in [1.807, 2.05) is 6.92 Å². The van der Waals surface area contributed by atoms with E-state index in [1.54, 1.807) is 30.3 Å². The smallest absolute Gasteiger partial charge is 0.162 e. The van der Waals surface area contributed by atoms with Crippen molar-refractivity contribution in [3.63, 3.8) is 0 Å². The van der Waals surface area contributed by atoms with Crippen molar-refractivity contribution >= 4 is 23.2 Å². The summed E-state index contributed by atoms with van der Waals surface area (Å²) in [6.45, 7) is 1.85. The van der Waals surface area contributed by atoms with Gasteiger partial charge in [0.05, 0.1) is 0 Å². The zero-order valence-electron chi connectivity index (χ0n) is 12.5. The van der Waals surface area contributed by atoms with Gasteiger partial charge in [-0.3, -0.25) is 0 Å². The van der Waals surface area contributed by atoms with Gasteiger partial charge in [-0.1, -0.05) is 29.3 Å². The topological polar surface area (TPSA) is 9.23 Å². The van der Waals surface area contributed by atoms with Gasteiger partial charge in [0, 0.05) is 21.7 Å². The van der Waals surface area contributed by atoms with Crippen LogP contribution in [0.15, 0.2) is 48.5 Å². The fourth-order valence-electron chi connectivity index (χ4n) is 2.27. The summed E-state index contributed by atoms with van der Waals surface area (Å²) in [6, 6.07) is 15.2. The molecule has 121 valence electrons. The fourth-order valence-corrected chi connectivity index (χ4v) is 2.78. The van der Waals surface area contributed by atoms with E-state index >= 15 is 0 Å². The lowest BCUT2D eigenvalue weighted by Gasteiger charge is -2.11. The van der Waals surface area contributed by atoms with Crippen molar-refractivity contribution in [3.8, 4) is 22.6 Å². The zero-order valence-corrected chi connectivity index (χ0v) is 14.1. The molecule has 0 aliphatic rings. The van der Waals surface area contributed by atoms with Crippen LogP contribution in [0.25, 0.3) is 11.1 Å². The second-order valence-electron chi connectivity index (χ2n) is 5.21. The zero-order chi connectivity index (χ0) is 17.3. The van der Waals surface area contributed by atoms with Gasteiger partial charge in [-0.15, -0.1) is 0 Å². The lowest BCUT2D eigenvalue weighted by Crippen LogP contribution is -1.90. The van der Waals surface area contributed by atoms with E-state index in [0.29, 0.717) is 21.4 Å². The molecule has 24 heavy (non-hydrogen) atoms. The maximum absolute atomic E-state index is 13.3. The third-order valence-electron chi connectivity index (χ3n) is 3.33. The van der Waals surface area contributed by atoms with Crippen molar-refractivity contribution < 1.29 is 13.5 Å². The summed E-state index contributed by atoms with van der Waals surface area (Å²) in [7, 11) is 0. The molecule has 0 unspecified atom stereocenters. The molecular weight excluding hydrogens is 353 g/mol. The van der Waals surface area contributed by atoms with Crippen molar-refractivity contribution in [2.45, 2.75) is 6.92 Å². The molecule has 1 radical (unpaired) electrons. The Kier molecular flexibility index (Phi) is 4.74. The molecule has 0 atom stereocenters. The molecule has 0 aromatic heterocycles. The van der Waals surface area contributed by atoms with E-state index in [0.717, 1.165) is 23.3 Å². The highest BCUT2D eigenvalue weighted by Gasteiger charge is 2.09. The van der Waals surface area contributed by atoms with E-state index < -0.39 is 11.6 Å². The number of aryl methyl sites for hydroxylation is 1. The predicted octanol–water partition coefficient (Wildman–Crippen LogP) is 6.84. The van der Waals surface area contributed by atoms with Crippen molar-refractivity contribution in [1.82, 2.24) is 0 Å². The van der Waals surface area contributed by atoms with Crippen LogP contribution in [0.4, 0.5) is 8.78 Å². The highest BCUT2D eigenvalue weighted by molar-refractivity contribution is 6.36. The van der Waals surface area contributed by atoms with E-state index in [1.165, 1.54) is 6.07 Å². The summed E-state index contributed by atoms with van der Waals surface area (Å²) in [5.41, 5.74) is 2.28. The van der Waals surface area contributed by atoms with E-state index in [-0.39, 0.29) is 5.75 Å². The van der Waals surface area contributed by atoms with Crippen LogP contribution in [0.5, 0.6) is 11.5 Å². The van der Waals surface area contributed by atoms with Crippen LogP contribution in [-0.2, 0) is 0 Å². The van der Waals surface area contributed by atoms with Crippen LogP contribution in [0.2, 0.25) is 10.0 Å². The van der Waals surface area contributed by atoms with Gasteiger partial charge in [-0.2, -0.15) is 0 Å². The molecule has 3 aromatic carbocycles. The molecule has 0 aliphatic carbocycles. The SMILES string of the molecule is Cc1[c]c(-c2ccc(Cl)cc2Cl)cc(Oc2ccc(F)c(F)c2)c1. The van der Waals surface area contributed by atoms with Crippen LogP contribution in [0.1, 0.15) is 5.56 Å². The van der Waals surface area contributed by atoms with Crippen molar-refractivity contribution in [2.24, 2.45) is 0 Å². The molecule has 0 amide bonds. The normalized spacial score (nSPS) is 10.7. The van der Waals surface area contributed by atoms with E-state index in [2.05, 4.69) is 6.07 Å². The maximum atomic E-state index is 13.3. The lowest BCUT2D eigenvalue weighted by molar-refractivity contribution is 0.461. The van der Waals surface area contributed by atoms with Gasteiger partial charge in [0.15, 0.2) is 11.6 Å². The summed E-state index contributed by atoms with van der Waals surface area (Å²) in [6.07, 6.45) is 0. The van der Waals surface area contributed by atoms with Crippen LogP contribution in [-0.4, -0.2) is 0 Å². The first kappa shape index (κ1) is 16.7. The monoisotopic (exact) mass is 363 g/mol. The summed E-state index contributed by atoms with van der Waals surface area (Å²) in [5.74, 6) is -1.22. The highest BCUT2D eigenvalue weighted by Crippen LogP contribution is 2.34. The average Bonchev–Trinajstić information content (AvgIpc) is 2.50. The third-order valence-corrected chi connectivity index (χ3v) is 3.87. The van der Waals surface area contributed by atoms with Crippen molar-refractivity contribution in [2.75, 3.05) is 0 Å². The molecule has 0 spiro atoms. The van der Waals surface area contributed by atoms with Gasteiger partial charge < -0.3 is 4.74 Å². The van der Waals surface area contributed by atoms with Gasteiger partial charge in [0.1, 0.15) is 11.5 Å². The molecule has 0 heterocycles. The number of rotatable bonds is 3. The minimum atomic E-state index is -0.965. The summed E-state index contributed by atoms with van der Waals surface area (Å²) >= 11 is 12.1. The average molecular weight is 364 g/mol. The molecule has 0 saturated heterocycles. The molecule has 0 N–H and O–H groups in total. The molecule has 0 fully saturated rings. The first-order chi connectivity index (χ1) is 11.4. The van der Waals surface area contributed by atoms with E-state index in [4.69, 9.17) is 27.9 Å². The third kappa shape index (κ3) is 3.69. The maximum Gasteiger partial charge on any atom is 0.162 e. The Morgan fingerprint density at radius 1 is 0.875 bits per heavy atom. The van der Waals surface area contributed by atoms with Crippen LogP contribution in [0.3, 0.4) is 0 Å². The summed E-state index contributed by atoms with van der Waals surface area (Å²) in [5, 5.41) is 1.03. The largest absolute Gasteiger partial charge is 0.457 e. The fraction of sp³-hybridized carbons (Fsp3) is 0.0526. The second-order valence-corrected chi connectivity index (χ2v) is 6.06. The minimum absolute atomic E-state index is 0.202. The second kappa shape index (κ2) is 6.80. The predicted molar refractivity (Wildman–Crippen MR) is 91.9 cm³/mol.